The van der Waals surface area contributed by atoms with Crippen LogP contribution in [0.5, 0.6) is 11.5 Å². The normalized spacial score (nSPS) is 19.7. The van der Waals surface area contributed by atoms with Crippen LogP contribution in [0.2, 0.25) is 0 Å². The molecule has 25 heavy (non-hydrogen) atoms. The van der Waals surface area contributed by atoms with Crippen molar-refractivity contribution in [2.24, 2.45) is 0 Å². The van der Waals surface area contributed by atoms with E-state index in [-0.39, 0.29) is 18.4 Å². The van der Waals surface area contributed by atoms with Gasteiger partial charge in [-0.05, 0) is 30.2 Å². The Morgan fingerprint density at radius 1 is 1.16 bits per heavy atom. The average molecular weight is 341 g/mol. The minimum atomic E-state index is -0.516. The third kappa shape index (κ3) is 3.77. The van der Waals surface area contributed by atoms with Gasteiger partial charge in [0.2, 0.25) is 5.91 Å². The van der Waals surface area contributed by atoms with Crippen molar-refractivity contribution < 1.29 is 19.4 Å². The topological polar surface area (TPSA) is 59.0 Å². The van der Waals surface area contributed by atoms with Gasteiger partial charge in [0.15, 0.2) is 0 Å². The first-order chi connectivity index (χ1) is 12.1. The monoisotopic (exact) mass is 341 g/mol. The molecular weight excluding hydrogens is 318 g/mol. The molecule has 0 radical (unpaired) electrons. The lowest BCUT2D eigenvalue weighted by atomic mass is 10.0. The van der Waals surface area contributed by atoms with Gasteiger partial charge in [-0.15, -0.1) is 0 Å². The number of aliphatic hydroxyl groups is 1. The van der Waals surface area contributed by atoms with Gasteiger partial charge in [0.1, 0.15) is 11.5 Å². The summed E-state index contributed by atoms with van der Waals surface area (Å²) in [5, 5.41) is 10.1. The largest absolute Gasteiger partial charge is 0.497 e. The minimum Gasteiger partial charge on any atom is -0.497 e. The van der Waals surface area contributed by atoms with Crippen molar-refractivity contribution in [2.45, 2.75) is 25.0 Å². The number of carbonyl (C=O) groups excluding carboxylic acids is 1. The number of rotatable bonds is 5. The Kier molecular flexibility index (Phi) is 5.24. The van der Waals surface area contributed by atoms with Gasteiger partial charge in [0, 0.05) is 12.1 Å². The molecule has 1 aliphatic rings. The molecule has 1 N–H and O–H groups in total. The Morgan fingerprint density at radius 2 is 1.96 bits per heavy atom. The van der Waals surface area contributed by atoms with Crippen LogP contribution in [0, 0.1) is 0 Å². The molecule has 0 saturated carbocycles. The van der Waals surface area contributed by atoms with Crippen molar-refractivity contribution in [3.05, 3.63) is 59.7 Å². The molecule has 1 saturated heterocycles. The second kappa shape index (κ2) is 7.57. The molecule has 1 amide bonds. The first-order valence-corrected chi connectivity index (χ1v) is 8.35. The SMILES string of the molecule is COc1cccc([C@H]2C[C@@H](O)CN2C(=O)Cc2ccccc2OC)c1. The summed E-state index contributed by atoms with van der Waals surface area (Å²) in [5.74, 6) is 1.43. The summed E-state index contributed by atoms with van der Waals surface area (Å²) in [7, 11) is 3.22. The molecule has 1 aliphatic heterocycles. The van der Waals surface area contributed by atoms with Crippen LogP contribution in [-0.2, 0) is 11.2 Å². The number of aliphatic hydroxyl groups excluding tert-OH is 1. The maximum Gasteiger partial charge on any atom is 0.227 e. The number of β-amino-alcohol motifs (C(OH)–C–C–N with tert-alkyl or cyclic N) is 1. The van der Waals surface area contributed by atoms with E-state index in [4.69, 9.17) is 9.47 Å². The van der Waals surface area contributed by atoms with Crippen LogP contribution in [0.15, 0.2) is 48.5 Å². The number of methoxy groups -OCH3 is 2. The van der Waals surface area contributed by atoms with Crippen LogP contribution in [0.3, 0.4) is 0 Å². The lowest BCUT2D eigenvalue weighted by molar-refractivity contribution is -0.131. The summed E-state index contributed by atoms with van der Waals surface area (Å²) in [6.07, 6.45) is 0.264. The van der Waals surface area contributed by atoms with Crippen LogP contribution in [0.25, 0.3) is 0 Å². The van der Waals surface area contributed by atoms with Crippen LogP contribution >= 0.6 is 0 Å². The molecule has 0 unspecified atom stereocenters. The predicted octanol–water partition coefficient (Wildman–Crippen LogP) is 2.58. The van der Waals surface area contributed by atoms with E-state index in [1.165, 1.54) is 0 Å². The summed E-state index contributed by atoms with van der Waals surface area (Å²) in [6, 6.07) is 15.0. The molecule has 0 aromatic heterocycles. The first kappa shape index (κ1) is 17.3. The summed E-state index contributed by atoms with van der Waals surface area (Å²) >= 11 is 0. The fourth-order valence-corrected chi connectivity index (χ4v) is 3.37. The standard InChI is InChI=1S/C20H23NO4/c1-24-17-8-5-7-14(10-17)18-12-16(22)13-21(18)20(23)11-15-6-3-4-9-19(15)25-2/h3-10,16,18,22H,11-13H2,1-2H3/t16-,18-/m1/s1. The zero-order valence-corrected chi connectivity index (χ0v) is 14.5. The number of likely N-dealkylation sites (tertiary alicyclic amines) is 1. The third-order valence-corrected chi connectivity index (χ3v) is 4.61. The number of amides is 1. The number of hydrogen-bond donors (Lipinski definition) is 1. The fraction of sp³-hybridized carbons (Fsp3) is 0.350. The quantitative estimate of drug-likeness (QED) is 0.908. The highest BCUT2D eigenvalue weighted by Gasteiger charge is 2.35. The molecule has 2 aromatic rings. The number of para-hydroxylation sites is 1. The van der Waals surface area contributed by atoms with Crippen LogP contribution in [0.4, 0.5) is 0 Å². The molecule has 2 atom stereocenters. The summed E-state index contributed by atoms with van der Waals surface area (Å²) in [6.45, 7) is 0.343. The van der Waals surface area contributed by atoms with E-state index in [2.05, 4.69) is 0 Å². The number of ether oxygens (including phenoxy) is 2. The van der Waals surface area contributed by atoms with Crippen molar-refractivity contribution in [2.75, 3.05) is 20.8 Å². The zero-order valence-electron chi connectivity index (χ0n) is 14.5. The summed E-state index contributed by atoms with van der Waals surface area (Å²) in [5.41, 5.74) is 1.82. The molecule has 0 aliphatic carbocycles. The Morgan fingerprint density at radius 3 is 2.72 bits per heavy atom. The van der Waals surface area contributed by atoms with Crippen LogP contribution < -0.4 is 9.47 Å². The van der Waals surface area contributed by atoms with Crippen molar-refractivity contribution in [1.82, 2.24) is 4.90 Å². The van der Waals surface area contributed by atoms with E-state index in [0.717, 1.165) is 16.9 Å². The number of benzene rings is 2. The first-order valence-electron chi connectivity index (χ1n) is 8.35. The van der Waals surface area contributed by atoms with Gasteiger partial charge < -0.3 is 19.5 Å². The fourth-order valence-electron chi connectivity index (χ4n) is 3.37. The van der Waals surface area contributed by atoms with Crippen LogP contribution in [0.1, 0.15) is 23.6 Å². The van der Waals surface area contributed by atoms with Gasteiger partial charge in [-0.3, -0.25) is 4.79 Å². The van der Waals surface area contributed by atoms with E-state index in [0.29, 0.717) is 18.7 Å². The number of hydrogen-bond acceptors (Lipinski definition) is 4. The highest BCUT2D eigenvalue weighted by atomic mass is 16.5. The molecule has 0 bridgehead atoms. The zero-order chi connectivity index (χ0) is 17.8. The van der Waals surface area contributed by atoms with Crippen molar-refractivity contribution >= 4 is 5.91 Å². The van der Waals surface area contributed by atoms with E-state index in [9.17, 15) is 9.90 Å². The van der Waals surface area contributed by atoms with Crippen molar-refractivity contribution in [3.63, 3.8) is 0 Å². The number of nitrogens with zero attached hydrogens (tertiary/aromatic N) is 1. The average Bonchev–Trinajstić information content (AvgIpc) is 3.04. The van der Waals surface area contributed by atoms with Gasteiger partial charge in [-0.1, -0.05) is 30.3 Å². The minimum absolute atomic E-state index is 0.0196. The second-order valence-electron chi connectivity index (χ2n) is 6.22. The van der Waals surface area contributed by atoms with E-state index in [1.807, 2.05) is 48.5 Å². The Balaban J connectivity index is 1.82. The Labute approximate surface area is 147 Å². The lowest BCUT2D eigenvalue weighted by Crippen LogP contribution is -2.33. The van der Waals surface area contributed by atoms with Crippen LogP contribution in [-0.4, -0.2) is 42.8 Å². The van der Waals surface area contributed by atoms with E-state index >= 15 is 0 Å². The van der Waals surface area contributed by atoms with Gasteiger partial charge in [-0.25, -0.2) is 0 Å². The highest BCUT2D eigenvalue weighted by Crippen LogP contribution is 2.34. The third-order valence-electron chi connectivity index (χ3n) is 4.61. The van der Waals surface area contributed by atoms with Gasteiger partial charge in [0.05, 0.1) is 32.8 Å². The Hall–Kier alpha value is -2.53. The van der Waals surface area contributed by atoms with Crippen molar-refractivity contribution in [3.8, 4) is 11.5 Å². The molecule has 132 valence electrons. The summed E-state index contributed by atoms with van der Waals surface area (Å²) < 4.78 is 10.6. The maximum atomic E-state index is 12.9. The summed E-state index contributed by atoms with van der Waals surface area (Å²) in [4.78, 5) is 14.7. The molecule has 2 aromatic carbocycles. The molecule has 1 fully saturated rings. The highest BCUT2D eigenvalue weighted by molar-refractivity contribution is 5.80. The molecule has 5 nitrogen and oxygen atoms in total. The van der Waals surface area contributed by atoms with E-state index in [1.54, 1.807) is 19.1 Å². The molecule has 3 rings (SSSR count). The van der Waals surface area contributed by atoms with Gasteiger partial charge in [0.25, 0.3) is 0 Å². The smallest absolute Gasteiger partial charge is 0.227 e. The number of carbonyl (C=O) groups is 1. The van der Waals surface area contributed by atoms with Gasteiger partial charge in [-0.2, -0.15) is 0 Å². The van der Waals surface area contributed by atoms with Crippen molar-refractivity contribution in [1.29, 1.82) is 0 Å². The predicted molar refractivity (Wildman–Crippen MR) is 94.8 cm³/mol. The molecule has 5 heteroatoms. The van der Waals surface area contributed by atoms with Gasteiger partial charge >= 0.3 is 0 Å². The lowest BCUT2D eigenvalue weighted by Gasteiger charge is -2.25. The Bertz CT molecular complexity index is 746. The molecular formula is C20H23NO4. The molecule has 1 heterocycles. The second-order valence-corrected chi connectivity index (χ2v) is 6.22. The molecule has 0 spiro atoms. The maximum absolute atomic E-state index is 12.9. The van der Waals surface area contributed by atoms with E-state index < -0.39 is 6.10 Å².